The largest absolute Gasteiger partial charge is 0.395 e. The van der Waals surface area contributed by atoms with E-state index in [9.17, 15) is 13.9 Å². The lowest BCUT2D eigenvalue weighted by atomic mass is 10.1. The van der Waals surface area contributed by atoms with Gasteiger partial charge in [0, 0.05) is 18.7 Å². The van der Waals surface area contributed by atoms with Crippen molar-refractivity contribution in [2.24, 2.45) is 0 Å². The van der Waals surface area contributed by atoms with Crippen molar-refractivity contribution in [1.82, 2.24) is 9.55 Å². The number of rotatable bonds is 4. The van der Waals surface area contributed by atoms with Crippen molar-refractivity contribution in [3.8, 4) is 0 Å². The van der Waals surface area contributed by atoms with Gasteiger partial charge >= 0.3 is 0 Å². The monoisotopic (exact) mass is 314 g/mol. The van der Waals surface area contributed by atoms with E-state index in [1.807, 2.05) is 37.3 Å². The maximum atomic E-state index is 13.5. The first-order valence-electron chi connectivity index (χ1n) is 7.29. The summed E-state index contributed by atoms with van der Waals surface area (Å²) in [7, 11) is 0. The number of fused-ring (bicyclic) bond motifs is 1. The van der Waals surface area contributed by atoms with Crippen molar-refractivity contribution < 1.29 is 13.9 Å². The number of imidazole rings is 1. The second-order valence-electron chi connectivity index (χ2n) is 5.34. The first kappa shape index (κ1) is 15.4. The molecule has 3 rings (SSSR count). The minimum atomic E-state index is -0.930. The second kappa shape index (κ2) is 6.30. The maximum absolute atomic E-state index is 13.5. The van der Waals surface area contributed by atoms with Crippen LogP contribution in [0.2, 0.25) is 0 Å². The third kappa shape index (κ3) is 3.14. The lowest BCUT2D eigenvalue weighted by Crippen LogP contribution is -2.04. The van der Waals surface area contributed by atoms with Crippen LogP contribution >= 0.6 is 0 Å². The van der Waals surface area contributed by atoms with Crippen molar-refractivity contribution in [3.63, 3.8) is 0 Å². The van der Waals surface area contributed by atoms with Crippen molar-refractivity contribution in [1.29, 1.82) is 0 Å². The van der Waals surface area contributed by atoms with Crippen molar-refractivity contribution in [2.75, 3.05) is 6.61 Å². The van der Waals surface area contributed by atoms with Crippen LogP contribution in [0.15, 0.2) is 36.4 Å². The summed E-state index contributed by atoms with van der Waals surface area (Å²) < 4.78 is 28.5. The molecule has 0 bridgehead atoms. The highest BCUT2D eigenvalue weighted by Gasteiger charge is 2.12. The molecular weight excluding hydrogens is 298 g/mol. The molecule has 0 aliphatic carbocycles. The minimum absolute atomic E-state index is 0.115. The Morgan fingerprint density at radius 1 is 1.09 bits per heavy atom. The molecule has 1 aromatic heterocycles. The highest BCUT2D eigenvalue weighted by atomic mass is 19.2. The Kier molecular flexibility index (Phi) is 4.21. The molecule has 0 spiro atoms. The van der Waals surface area contributed by atoms with Gasteiger partial charge < -0.3 is 9.67 Å². The van der Waals surface area contributed by atoms with Crippen LogP contribution in [-0.2, 0) is 6.54 Å². The van der Waals surface area contributed by atoms with Crippen molar-refractivity contribution in [3.05, 3.63) is 65.0 Å². The predicted octanol–water partition coefficient (Wildman–Crippen LogP) is 3.79. The van der Waals surface area contributed by atoms with Gasteiger partial charge in [0.1, 0.15) is 5.82 Å². The second-order valence-corrected chi connectivity index (χ2v) is 5.34. The summed E-state index contributed by atoms with van der Waals surface area (Å²) in [5.41, 5.74) is 2.98. The minimum Gasteiger partial charge on any atom is -0.395 e. The zero-order valence-corrected chi connectivity index (χ0v) is 12.6. The highest BCUT2D eigenvalue weighted by Crippen LogP contribution is 2.21. The summed E-state index contributed by atoms with van der Waals surface area (Å²) in [6.07, 6.45) is 3.65. The topological polar surface area (TPSA) is 38.0 Å². The molecular formula is C18H16F2N2O. The summed E-state index contributed by atoms with van der Waals surface area (Å²) in [6, 6.07) is 10.1. The summed E-state index contributed by atoms with van der Waals surface area (Å²) in [5, 5.41) is 9.22. The van der Waals surface area contributed by atoms with Gasteiger partial charge in [-0.15, -0.1) is 0 Å². The Morgan fingerprint density at radius 3 is 2.48 bits per heavy atom. The van der Waals surface area contributed by atoms with Crippen molar-refractivity contribution >= 4 is 23.2 Å². The van der Waals surface area contributed by atoms with Gasteiger partial charge in [0.05, 0.1) is 17.6 Å². The number of halogens is 2. The van der Waals surface area contributed by atoms with Crippen LogP contribution in [0.3, 0.4) is 0 Å². The van der Waals surface area contributed by atoms with Gasteiger partial charge in [0.2, 0.25) is 0 Å². The van der Waals surface area contributed by atoms with E-state index >= 15 is 0 Å². The number of hydrogen-bond acceptors (Lipinski definition) is 2. The Morgan fingerprint density at radius 2 is 1.78 bits per heavy atom. The van der Waals surface area contributed by atoms with E-state index in [2.05, 4.69) is 4.98 Å². The van der Waals surface area contributed by atoms with E-state index in [-0.39, 0.29) is 13.2 Å². The molecule has 0 unspecified atom stereocenters. The summed E-state index contributed by atoms with van der Waals surface area (Å²) in [6.45, 7) is 2.15. The lowest BCUT2D eigenvalue weighted by Gasteiger charge is -2.04. The van der Waals surface area contributed by atoms with Gasteiger partial charge in [-0.2, -0.15) is 0 Å². The molecule has 0 atom stereocenters. The Balaban J connectivity index is 2.05. The van der Waals surface area contributed by atoms with E-state index in [1.54, 1.807) is 10.6 Å². The average molecular weight is 314 g/mol. The van der Waals surface area contributed by atoms with Crippen LogP contribution in [0.5, 0.6) is 0 Å². The summed E-state index contributed by atoms with van der Waals surface area (Å²) >= 11 is 0. The number of nitrogens with zero attached hydrogens (tertiary/aromatic N) is 2. The SMILES string of the molecule is Cc1ccc(/C=C/c2nc3cc(F)c(F)cc3n2CCO)cc1. The Hall–Kier alpha value is -2.53. The molecule has 0 saturated heterocycles. The van der Waals surface area contributed by atoms with E-state index in [0.717, 1.165) is 17.7 Å². The quantitative estimate of drug-likeness (QED) is 0.796. The van der Waals surface area contributed by atoms with Crippen LogP contribution < -0.4 is 0 Å². The van der Waals surface area contributed by atoms with Crippen LogP contribution in [0.25, 0.3) is 23.2 Å². The highest BCUT2D eigenvalue weighted by molar-refractivity contribution is 5.80. The van der Waals surface area contributed by atoms with Gasteiger partial charge in [-0.1, -0.05) is 35.9 Å². The molecule has 2 aromatic carbocycles. The van der Waals surface area contributed by atoms with Crippen LogP contribution in [0.1, 0.15) is 17.0 Å². The molecule has 3 aromatic rings. The zero-order valence-electron chi connectivity index (χ0n) is 12.6. The molecule has 5 heteroatoms. The van der Waals surface area contributed by atoms with Crippen LogP contribution in [-0.4, -0.2) is 21.3 Å². The van der Waals surface area contributed by atoms with E-state index in [1.165, 1.54) is 5.56 Å². The molecule has 0 fully saturated rings. The molecule has 118 valence electrons. The fourth-order valence-electron chi connectivity index (χ4n) is 2.45. The first-order valence-corrected chi connectivity index (χ1v) is 7.29. The van der Waals surface area contributed by atoms with Crippen molar-refractivity contribution in [2.45, 2.75) is 13.5 Å². The van der Waals surface area contributed by atoms with Gasteiger partial charge in [0.25, 0.3) is 0 Å². The van der Waals surface area contributed by atoms with E-state index in [4.69, 9.17) is 0 Å². The maximum Gasteiger partial charge on any atom is 0.161 e. The average Bonchev–Trinajstić information content (AvgIpc) is 2.85. The summed E-state index contributed by atoms with van der Waals surface area (Å²) in [5.74, 6) is -1.31. The molecule has 0 radical (unpaired) electrons. The third-order valence-electron chi connectivity index (χ3n) is 3.65. The fraction of sp³-hybridized carbons (Fsp3) is 0.167. The summed E-state index contributed by atoms with van der Waals surface area (Å²) in [4.78, 5) is 4.32. The van der Waals surface area contributed by atoms with E-state index in [0.29, 0.717) is 16.9 Å². The number of aliphatic hydroxyl groups is 1. The first-order chi connectivity index (χ1) is 11.1. The number of benzene rings is 2. The normalized spacial score (nSPS) is 11.7. The molecule has 0 aliphatic rings. The van der Waals surface area contributed by atoms with Gasteiger partial charge in [-0.3, -0.25) is 0 Å². The van der Waals surface area contributed by atoms with E-state index < -0.39 is 11.6 Å². The van der Waals surface area contributed by atoms with Crippen LogP contribution in [0.4, 0.5) is 8.78 Å². The number of hydrogen-bond donors (Lipinski definition) is 1. The fourth-order valence-corrected chi connectivity index (χ4v) is 2.45. The molecule has 1 heterocycles. The molecule has 23 heavy (non-hydrogen) atoms. The Labute approximate surface area is 132 Å². The van der Waals surface area contributed by atoms with Gasteiger partial charge in [0.15, 0.2) is 11.6 Å². The molecule has 0 aliphatic heterocycles. The molecule has 1 N–H and O–H groups in total. The molecule has 0 saturated carbocycles. The Bertz CT molecular complexity index is 867. The third-order valence-corrected chi connectivity index (χ3v) is 3.65. The lowest BCUT2D eigenvalue weighted by molar-refractivity contribution is 0.277. The predicted molar refractivity (Wildman–Crippen MR) is 86.8 cm³/mol. The zero-order chi connectivity index (χ0) is 16.4. The standard InChI is InChI=1S/C18H16F2N2O/c1-12-2-4-13(5-3-12)6-7-18-21-16-10-14(19)15(20)11-17(16)22(18)8-9-23/h2-7,10-11,23H,8-9H2,1H3/b7-6+. The number of aryl methyl sites for hydroxylation is 1. The van der Waals surface area contributed by atoms with Gasteiger partial charge in [-0.25, -0.2) is 13.8 Å². The number of aromatic nitrogens is 2. The van der Waals surface area contributed by atoms with Crippen LogP contribution in [0, 0.1) is 18.6 Å². The molecule has 0 amide bonds. The molecule has 3 nitrogen and oxygen atoms in total. The number of aliphatic hydroxyl groups excluding tert-OH is 1. The van der Waals surface area contributed by atoms with Gasteiger partial charge in [-0.05, 0) is 18.6 Å². The smallest absolute Gasteiger partial charge is 0.161 e.